The van der Waals surface area contributed by atoms with Gasteiger partial charge < -0.3 is 10.1 Å². The fourth-order valence-electron chi connectivity index (χ4n) is 2.67. The number of hydrogen-bond acceptors (Lipinski definition) is 5. The van der Waals surface area contributed by atoms with Crippen molar-refractivity contribution in [3.8, 4) is 0 Å². The van der Waals surface area contributed by atoms with Crippen molar-refractivity contribution in [3.05, 3.63) is 43.7 Å². The molecule has 8 heteroatoms. The van der Waals surface area contributed by atoms with E-state index in [9.17, 15) is 9.59 Å². The van der Waals surface area contributed by atoms with E-state index >= 15 is 0 Å². The molecule has 0 saturated carbocycles. The van der Waals surface area contributed by atoms with E-state index in [1.165, 1.54) is 24.1 Å². The maximum atomic E-state index is 12.4. The zero-order valence-corrected chi connectivity index (χ0v) is 15.8. The fourth-order valence-corrected chi connectivity index (χ4v) is 4.21. The molecule has 0 aromatic carbocycles. The number of pyridine rings is 1. The lowest BCUT2D eigenvalue weighted by Gasteiger charge is -2.15. The first-order valence-electron chi connectivity index (χ1n) is 7.88. The summed E-state index contributed by atoms with van der Waals surface area (Å²) in [7, 11) is 0. The van der Waals surface area contributed by atoms with Crippen molar-refractivity contribution < 1.29 is 14.3 Å². The van der Waals surface area contributed by atoms with Gasteiger partial charge in [0.2, 0.25) is 0 Å². The minimum atomic E-state index is -0.972. The van der Waals surface area contributed by atoms with Gasteiger partial charge in [0.1, 0.15) is 0 Å². The molecule has 0 spiro atoms. The van der Waals surface area contributed by atoms with Crippen molar-refractivity contribution in [3.63, 3.8) is 0 Å². The number of ether oxygens (including phenoxy) is 1. The van der Waals surface area contributed by atoms with Crippen LogP contribution in [0.15, 0.2) is 17.6 Å². The van der Waals surface area contributed by atoms with Gasteiger partial charge in [-0.2, -0.15) is 0 Å². The zero-order valence-electron chi connectivity index (χ0n) is 13.5. The molecular weight excluding hydrogens is 383 g/mol. The van der Waals surface area contributed by atoms with E-state index in [4.69, 9.17) is 27.9 Å². The Labute approximate surface area is 159 Å². The second kappa shape index (κ2) is 7.72. The number of hydrogen-bond donors (Lipinski definition) is 1. The molecule has 1 atom stereocenters. The summed E-state index contributed by atoms with van der Waals surface area (Å²) in [5, 5.41) is 4.93. The average Bonchev–Trinajstić information content (AvgIpc) is 3.01. The lowest BCUT2D eigenvalue weighted by atomic mass is 9.96. The average molecular weight is 399 g/mol. The number of aromatic nitrogens is 1. The highest BCUT2D eigenvalue weighted by molar-refractivity contribution is 7.10. The number of anilines is 1. The van der Waals surface area contributed by atoms with Crippen molar-refractivity contribution in [2.24, 2.45) is 0 Å². The Morgan fingerprint density at radius 1 is 1.32 bits per heavy atom. The summed E-state index contributed by atoms with van der Waals surface area (Å²) in [6.45, 7) is 1.51. The molecule has 1 amide bonds. The van der Waals surface area contributed by atoms with Crippen molar-refractivity contribution in [1.82, 2.24) is 4.98 Å². The standard InChI is InChI=1S/C17H16Cl2N2O3S/c1-9(16(22)21-15-13(19)6-10(18)7-20-15)24-17(23)12-8-25-14-5-3-2-4-11(12)14/h6-9H,2-5H2,1H3,(H,20,21,22)/t9-/m1/s1. The Morgan fingerprint density at radius 2 is 2.08 bits per heavy atom. The number of fused-ring (bicyclic) bond motifs is 1. The van der Waals surface area contributed by atoms with Crippen LogP contribution in [0.3, 0.4) is 0 Å². The summed E-state index contributed by atoms with van der Waals surface area (Å²) in [6, 6.07) is 1.47. The molecule has 0 fully saturated rings. The first-order chi connectivity index (χ1) is 12.0. The van der Waals surface area contributed by atoms with Crippen LogP contribution in [0.4, 0.5) is 5.82 Å². The summed E-state index contributed by atoms with van der Waals surface area (Å²) in [4.78, 5) is 29.8. The molecule has 0 radical (unpaired) electrons. The first-order valence-corrected chi connectivity index (χ1v) is 9.51. The van der Waals surface area contributed by atoms with Gasteiger partial charge in [0.25, 0.3) is 5.91 Å². The SMILES string of the molecule is C[C@@H](OC(=O)c1csc2c1CCCC2)C(=O)Nc1ncc(Cl)cc1Cl. The molecule has 2 heterocycles. The predicted octanol–water partition coefficient (Wildman–Crippen LogP) is 4.51. The topological polar surface area (TPSA) is 68.3 Å². The summed E-state index contributed by atoms with van der Waals surface area (Å²) in [6.07, 6.45) is 4.51. The van der Waals surface area contributed by atoms with E-state index in [0.29, 0.717) is 10.6 Å². The van der Waals surface area contributed by atoms with Gasteiger partial charge in [-0.3, -0.25) is 4.79 Å². The molecule has 0 saturated heterocycles. The smallest absolute Gasteiger partial charge is 0.340 e. The third-order valence-corrected chi connectivity index (χ3v) is 5.57. The summed E-state index contributed by atoms with van der Waals surface area (Å²) < 4.78 is 5.32. The molecule has 0 unspecified atom stereocenters. The molecule has 2 aromatic heterocycles. The minimum absolute atomic E-state index is 0.173. The largest absolute Gasteiger partial charge is 0.449 e. The predicted molar refractivity (Wildman–Crippen MR) is 98.7 cm³/mol. The van der Waals surface area contributed by atoms with Gasteiger partial charge in [0.15, 0.2) is 11.9 Å². The van der Waals surface area contributed by atoms with E-state index in [1.807, 2.05) is 5.38 Å². The van der Waals surface area contributed by atoms with Crippen LogP contribution in [-0.2, 0) is 22.4 Å². The third-order valence-electron chi connectivity index (χ3n) is 3.98. The van der Waals surface area contributed by atoms with Crippen LogP contribution in [-0.4, -0.2) is 23.0 Å². The van der Waals surface area contributed by atoms with Gasteiger partial charge >= 0.3 is 5.97 Å². The fraction of sp³-hybridized carbons (Fsp3) is 0.353. The van der Waals surface area contributed by atoms with E-state index in [0.717, 1.165) is 31.2 Å². The normalized spacial score (nSPS) is 14.5. The minimum Gasteiger partial charge on any atom is -0.449 e. The van der Waals surface area contributed by atoms with Crippen LogP contribution < -0.4 is 5.32 Å². The monoisotopic (exact) mass is 398 g/mol. The lowest BCUT2D eigenvalue weighted by molar-refractivity contribution is -0.123. The molecule has 0 bridgehead atoms. The van der Waals surface area contributed by atoms with E-state index in [1.54, 1.807) is 11.3 Å². The molecule has 0 aliphatic heterocycles. The molecule has 1 aliphatic rings. The Bertz CT molecular complexity index is 822. The van der Waals surface area contributed by atoms with Gasteiger partial charge in [-0.25, -0.2) is 9.78 Å². The number of nitrogens with one attached hydrogen (secondary N) is 1. The van der Waals surface area contributed by atoms with Gasteiger partial charge in [-0.05, 0) is 44.2 Å². The lowest BCUT2D eigenvalue weighted by Crippen LogP contribution is -2.30. The number of halogens is 2. The van der Waals surface area contributed by atoms with Crippen molar-refractivity contribution >= 4 is 52.2 Å². The molecule has 1 N–H and O–H groups in total. The van der Waals surface area contributed by atoms with E-state index in [-0.39, 0.29) is 10.8 Å². The van der Waals surface area contributed by atoms with Gasteiger partial charge in [-0.15, -0.1) is 11.3 Å². The Morgan fingerprint density at radius 3 is 2.84 bits per heavy atom. The molecule has 132 valence electrons. The number of amides is 1. The molecule has 5 nitrogen and oxygen atoms in total. The summed E-state index contributed by atoms with van der Waals surface area (Å²) >= 11 is 13.3. The number of carbonyl (C=O) groups is 2. The highest BCUT2D eigenvalue weighted by Crippen LogP contribution is 2.31. The highest BCUT2D eigenvalue weighted by atomic mass is 35.5. The Balaban J connectivity index is 1.65. The van der Waals surface area contributed by atoms with Crippen LogP contribution >= 0.6 is 34.5 Å². The Kier molecular flexibility index (Phi) is 5.61. The number of nitrogens with zero attached hydrogens (tertiary/aromatic N) is 1. The summed E-state index contributed by atoms with van der Waals surface area (Å²) in [5.74, 6) is -0.807. The second-order valence-electron chi connectivity index (χ2n) is 5.78. The van der Waals surface area contributed by atoms with Crippen molar-refractivity contribution in [2.45, 2.75) is 38.7 Å². The number of esters is 1. The summed E-state index contributed by atoms with van der Waals surface area (Å²) in [5.41, 5.74) is 1.64. The quantitative estimate of drug-likeness (QED) is 0.768. The van der Waals surface area contributed by atoms with Crippen LogP contribution in [0.25, 0.3) is 0 Å². The van der Waals surface area contributed by atoms with Crippen molar-refractivity contribution in [1.29, 1.82) is 0 Å². The van der Waals surface area contributed by atoms with Gasteiger partial charge in [0.05, 0.1) is 15.6 Å². The molecule has 2 aromatic rings. The highest BCUT2D eigenvalue weighted by Gasteiger charge is 2.25. The van der Waals surface area contributed by atoms with Crippen LogP contribution in [0.5, 0.6) is 0 Å². The van der Waals surface area contributed by atoms with Crippen LogP contribution in [0.2, 0.25) is 10.0 Å². The van der Waals surface area contributed by atoms with Crippen LogP contribution in [0, 0.1) is 0 Å². The number of thiophene rings is 1. The van der Waals surface area contributed by atoms with E-state index < -0.39 is 18.0 Å². The molecule has 1 aliphatic carbocycles. The van der Waals surface area contributed by atoms with Crippen molar-refractivity contribution in [2.75, 3.05) is 5.32 Å². The molecule has 3 rings (SSSR count). The zero-order chi connectivity index (χ0) is 18.0. The molecule has 25 heavy (non-hydrogen) atoms. The molecular formula is C17H16Cl2N2O3S. The maximum absolute atomic E-state index is 12.4. The Hall–Kier alpha value is -1.63. The number of rotatable bonds is 4. The third kappa shape index (κ3) is 4.14. The van der Waals surface area contributed by atoms with Crippen LogP contribution in [0.1, 0.15) is 40.6 Å². The second-order valence-corrected chi connectivity index (χ2v) is 7.59. The van der Waals surface area contributed by atoms with E-state index in [2.05, 4.69) is 10.3 Å². The maximum Gasteiger partial charge on any atom is 0.340 e. The number of carbonyl (C=O) groups excluding carboxylic acids is 2. The van der Waals surface area contributed by atoms with Gasteiger partial charge in [-0.1, -0.05) is 23.2 Å². The number of aryl methyl sites for hydroxylation is 1. The van der Waals surface area contributed by atoms with Gasteiger partial charge in [0, 0.05) is 16.5 Å². The first kappa shape index (κ1) is 18.2.